The largest absolute Gasteiger partial charge is 0.297 e. The fourth-order valence-corrected chi connectivity index (χ4v) is 5.65. The number of aromatic nitrogens is 2. The van der Waals surface area contributed by atoms with Crippen LogP contribution in [0.1, 0.15) is 23.6 Å². The normalized spacial score (nSPS) is 15.8. The smallest absolute Gasteiger partial charge is 0.111 e. The third-order valence-electron chi connectivity index (χ3n) is 7.48. The van der Waals surface area contributed by atoms with Gasteiger partial charge >= 0.3 is 0 Å². The molecule has 0 aliphatic carbocycles. The molecule has 0 aliphatic heterocycles. The van der Waals surface area contributed by atoms with Gasteiger partial charge < -0.3 is 0 Å². The minimum atomic E-state index is -0.531. The van der Waals surface area contributed by atoms with E-state index in [0.29, 0.717) is 11.1 Å². The van der Waals surface area contributed by atoms with E-state index in [9.17, 15) is 5.48 Å². The van der Waals surface area contributed by atoms with Crippen LogP contribution in [0.3, 0.4) is 0 Å². The van der Waals surface area contributed by atoms with Crippen LogP contribution in [0.5, 0.6) is 0 Å². The molecule has 0 saturated heterocycles. The molecule has 0 saturated carbocycles. The first kappa shape index (κ1) is 14.4. The maximum Gasteiger partial charge on any atom is 0.111 e. The highest BCUT2D eigenvalue weighted by Gasteiger charge is 2.17. The molecule has 0 spiro atoms. The number of hydrogen-bond acceptors (Lipinski definition) is 1. The highest BCUT2D eigenvalue weighted by molar-refractivity contribution is 6.21. The molecular formula is C40H28N2. The van der Waals surface area contributed by atoms with E-state index in [0.717, 1.165) is 22.5 Å². The van der Waals surface area contributed by atoms with Crippen LogP contribution >= 0.6 is 0 Å². The predicted molar refractivity (Wildman–Crippen MR) is 177 cm³/mol. The third kappa shape index (κ3) is 3.92. The number of imidazole rings is 1. The second kappa shape index (κ2) is 9.87. The summed E-state index contributed by atoms with van der Waals surface area (Å²) in [6, 6.07) is 15.0. The average molecular weight is 550 g/mol. The number of aryl methyl sites for hydroxylation is 1. The van der Waals surface area contributed by atoms with Crippen molar-refractivity contribution >= 4 is 32.6 Å². The van der Waals surface area contributed by atoms with Crippen molar-refractivity contribution in [2.75, 3.05) is 0 Å². The van der Waals surface area contributed by atoms with Crippen molar-refractivity contribution < 1.29 is 17.8 Å². The Morgan fingerprint density at radius 3 is 1.55 bits per heavy atom. The van der Waals surface area contributed by atoms with Crippen molar-refractivity contribution in [1.82, 2.24) is 9.55 Å². The Hall–Kier alpha value is -5.47. The van der Waals surface area contributed by atoms with Gasteiger partial charge in [0.2, 0.25) is 0 Å². The van der Waals surface area contributed by atoms with Gasteiger partial charge in [0.25, 0.3) is 0 Å². The topological polar surface area (TPSA) is 17.8 Å². The fraction of sp³-hybridized carbons (Fsp3) is 0.0250. The molecule has 42 heavy (non-hydrogen) atoms. The number of benzene rings is 7. The lowest BCUT2D eigenvalue weighted by atomic mass is 9.85. The number of hydrogen-bond donors (Lipinski definition) is 0. The molecule has 0 bridgehead atoms. The highest BCUT2D eigenvalue weighted by atomic mass is 15.1. The van der Waals surface area contributed by atoms with Gasteiger partial charge in [-0.2, -0.15) is 0 Å². The summed E-state index contributed by atoms with van der Waals surface area (Å²) in [5.74, 6) is 0.745. The highest BCUT2D eigenvalue weighted by Crippen LogP contribution is 2.44. The first-order valence-corrected chi connectivity index (χ1v) is 13.3. The van der Waals surface area contributed by atoms with Crippen LogP contribution in [0.25, 0.3) is 71.6 Å². The maximum absolute atomic E-state index is 9.21. The summed E-state index contributed by atoms with van der Waals surface area (Å²) >= 11 is 0. The van der Waals surface area contributed by atoms with Crippen LogP contribution in [0, 0.1) is 6.92 Å². The Morgan fingerprint density at radius 2 is 0.976 bits per heavy atom. The number of fused-ring (bicyclic) bond motifs is 3. The molecule has 2 heteroatoms. The lowest BCUT2D eigenvalue weighted by molar-refractivity contribution is 1.00. The summed E-state index contributed by atoms with van der Waals surface area (Å²) in [6.07, 6.45) is 0. The number of nitrogens with zero attached hydrogens (tertiary/aromatic N) is 2. The third-order valence-corrected chi connectivity index (χ3v) is 7.48. The van der Waals surface area contributed by atoms with Crippen molar-refractivity contribution in [2.24, 2.45) is 0 Å². The second-order valence-electron chi connectivity index (χ2n) is 9.86. The van der Waals surface area contributed by atoms with E-state index in [1.165, 1.54) is 12.1 Å². The lowest BCUT2D eigenvalue weighted by Gasteiger charge is -2.18. The lowest BCUT2D eigenvalue weighted by Crippen LogP contribution is -1.97. The van der Waals surface area contributed by atoms with Gasteiger partial charge in [-0.3, -0.25) is 4.57 Å². The summed E-state index contributed by atoms with van der Waals surface area (Å²) in [5, 5.41) is 0.194. The quantitative estimate of drug-likeness (QED) is 0.200. The van der Waals surface area contributed by atoms with Gasteiger partial charge in [0, 0.05) is 5.69 Å². The maximum atomic E-state index is 9.21. The Balaban J connectivity index is 1.47. The molecule has 2 nitrogen and oxygen atoms in total. The molecule has 0 N–H and O–H groups in total. The van der Waals surface area contributed by atoms with Gasteiger partial charge in [-0.05, 0) is 86.1 Å². The van der Waals surface area contributed by atoms with E-state index in [1.807, 2.05) is 47.9 Å². The van der Waals surface area contributed by atoms with E-state index >= 15 is 0 Å². The SMILES string of the molecule is [2H]c1c([2H])c([2H])c(-c2ccc(-c3c4c([2H])c([2H])c([2H])c([2H])c4c(-c4ccc(-n5c(C)nc6ccccc65)cc4)c4c([2H])c([2H])c([2H])c([2H])c34)cc2)c([2H])c1[2H]. The zero-order chi connectivity index (χ0) is 39.4. The molecule has 0 amide bonds. The summed E-state index contributed by atoms with van der Waals surface area (Å²) in [4.78, 5) is 4.66. The van der Waals surface area contributed by atoms with Crippen molar-refractivity contribution in [3.05, 3.63) is 157 Å². The molecule has 0 aliphatic rings. The standard InChI is InChI=1S/C40H28N2/c1-27-41-37-17-9-10-18-38(37)42(27)32-25-23-31(24-26-32)40-35-15-7-5-13-33(35)39(34-14-6-8-16-36(34)40)30-21-19-29(20-22-30)28-11-3-2-4-12-28/h2-26H,1H3/i2D,3D,4D,5D,6D,7D,8D,11D,12D,13D,14D,15D,16D. The van der Waals surface area contributed by atoms with Crippen molar-refractivity contribution in [1.29, 1.82) is 0 Å². The van der Waals surface area contributed by atoms with Gasteiger partial charge in [-0.25, -0.2) is 4.98 Å². The van der Waals surface area contributed by atoms with Crippen LogP contribution in [0.2, 0.25) is 0 Å². The summed E-state index contributed by atoms with van der Waals surface area (Å²) in [7, 11) is 0. The van der Waals surface area contributed by atoms with Crippen LogP contribution in [0.15, 0.2) is 151 Å². The van der Waals surface area contributed by atoms with Crippen molar-refractivity contribution in [3.63, 3.8) is 0 Å². The first-order chi connectivity index (χ1) is 26.1. The van der Waals surface area contributed by atoms with Crippen molar-refractivity contribution in [2.45, 2.75) is 6.92 Å². The van der Waals surface area contributed by atoms with E-state index in [1.54, 1.807) is 24.3 Å². The second-order valence-corrected chi connectivity index (χ2v) is 9.86. The van der Waals surface area contributed by atoms with Gasteiger partial charge in [-0.15, -0.1) is 0 Å². The fourth-order valence-electron chi connectivity index (χ4n) is 5.65. The van der Waals surface area contributed by atoms with Crippen LogP contribution in [0.4, 0.5) is 0 Å². The van der Waals surface area contributed by atoms with E-state index < -0.39 is 78.6 Å². The molecular weight excluding hydrogens is 508 g/mol. The van der Waals surface area contributed by atoms with E-state index in [-0.39, 0.29) is 43.8 Å². The van der Waals surface area contributed by atoms with Crippen LogP contribution in [-0.4, -0.2) is 9.55 Å². The zero-order valence-electron chi connectivity index (χ0n) is 35.3. The Labute approximate surface area is 263 Å². The van der Waals surface area contributed by atoms with Gasteiger partial charge in [-0.1, -0.05) is 127 Å². The molecule has 0 fully saturated rings. The molecule has 8 rings (SSSR count). The molecule has 198 valence electrons. The molecule has 1 aromatic heterocycles. The van der Waals surface area contributed by atoms with Gasteiger partial charge in [0.1, 0.15) is 5.82 Å². The van der Waals surface area contributed by atoms with Crippen LogP contribution in [-0.2, 0) is 0 Å². The van der Waals surface area contributed by atoms with E-state index in [2.05, 4.69) is 4.98 Å². The average Bonchev–Trinajstić information content (AvgIpc) is 3.53. The molecule has 0 atom stereocenters. The van der Waals surface area contributed by atoms with Gasteiger partial charge in [0.05, 0.1) is 28.9 Å². The zero-order valence-corrected chi connectivity index (χ0v) is 22.3. The Bertz CT molecular complexity index is 2840. The minimum absolute atomic E-state index is 0.0335. The molecule has 1 heterocycles. The number of para-hydroxylation sites is 2. The van der Waals surface area contributed by atoms with Crippen LogP contribution < -0.4 is 0 Å². The number of rotatable bonds is 4. The first-order valence-electron chi connectivity index (χ1n) is 19.8. The molecule has 8 aromatic rings. The van der Waals surface area contributed by atoms with Crippen molar-refractivity contribution in [3.8, 4) is 39.1 Å². The van der Waals surface area contributed by atoms with Gasteiger partial charge in [0.15, 0.2) is 0 Å². The molecule has 0 unspecified atom stereocenters. The monoisotopic (exact) mass is 549 g/mol. The summed E-state index contributed by atoms with van der Waals surface area (Å²) < 4.78 is 115. The van der Waals surface area contributed by atoms with E-state index in [4.69, 9.17) is 12.3 Å². The Morgan fingerprint density at radius 1 is 0.500 bits per heavy atom. The molecule has 7 aromatic carbocycles. The summed E-state index contributed by atoms with van der Waals surface area (Å²) in [6.45, 7) is 1.89. The minimum Gasteiger partial charge on any atom is -0.297 e. The summed E-state index contributed by atoms with van der Waals surface area (Å²) in [5.41, 5.74) is 3.84. The molecule has 0 radical (unpaired) electrons. The predicted octanol–water partition coefficient (Wildman–Crippen LogP) is 10.6. The Kier molecular flexibility index (Phi) is 3.39.